The number of aromatic nitrogens is 1. The van der Waals surface area contributed by atoms with Crippen LogP contribution in [0, 0.1) is 18.6 Å². The molecule has 4 aromatic rings. The van der Waals surface area contributed by atoms with Crippen molar-refractivity contribution in [1.82, 2.24) is 14.8 Å². The Morgan fingerprint density at radius 3 is 1.94 bits per heavy atom. The maximum absolute atomic E-state index is 13.6. The summed E-state index contributed by atoms with van der Waals surface area (Å²) in [5.74, 6) is -1.50. The Balaban J connectivity index is 1.41. The van der Waals surface area contributed by atoms with Gasteiger partial charge >= 0.3 is 5.97 Å². The van der Waals surface area contributed by atoms with Gasteiger partial charge in [-0.2, -0.15) is 0 Å². The smallest absolute Gasteiger partial charge is 0.325 e. The van der Waals surface area contributed by atoms with Crippen LogP contribution in [-0.2, 0) is 4.79 Å². The molecule has 0 radical (unpaired) electrons. The number of H-pyrrole nitrogens is 1. The first-order valence-electron chi connectivity index (χ1n) is 11.7. The number of nitrogens with zero attached hydrogens (tertiary/aromatic N) is 2. The highest BCUT2D eigenvalue weighted by molar-refractivity contribution is 5.89. The quantitative estimate of drug-likeness (QED) is 0.398. The van der Waals surface area contributed by atoms with E-state index in [9.17, 15) is 18.7 Å². The zero-order valence-electron chi connectivity index (χ0n) is 19.4. The Morgan fingerprint density at radius 2 is 1.40 bits per heavy atom. The van der Waals surface area contributed by atoms with E-state index >= 15 is 0 Å². The van der Waals surface area contributed by atoms with Crippen LogP contribution >= 0.6 is 0 Å². The van der Waals surface area contributed by atoms with Crippen molar-refractivity contribution in [2.24, 2.45) is 0 Å². The van der Waals surface area contributed by atoms with Crippen molar-refractivity contribution in [1.29, 1.82) is 0 Å². The van der Waals surface area contributed by atoms with Crippen LogP contribution in [0.4, 0.5) is 8.78 Å². The second-order valence-corrected chi connectivity index (χ2v) is 9.11. The Bertz CT molecular complexity index is 1280. The van der Waals surface area contributed by atoms with Gasteiger partial charge in [-0.25, -0.2) is 8.78 Å². The predicted molar refractivity (Wildman–Crippen MR) is 131 cm³/mol. The molecule has 180 valence electrons. The number of aryl methyl sites for hydroxylation is 1. The normalized spacial score (nSPS) is 16.1. The number of rotatable bonds is 6. The van der Waals surface area contributed by atoms with E-state index in [0.717, 1.165) is 33.2 Å². The highest BCUT2D eigenvalue weighted by Gasteiger charge is 2.34. The molecule has 1 unspecified atom stereocenters. The highest BCUT2D eigenvalue weighted by Crippen LogP contribution is 2.34. The van der Waals surface area contributed by atoms with Crippen LogP contribution in [-0.4, -0.2) is 52.0 Å². The summed E-state index contributed by atoms with van der Waals surface area (Å²) in [6.45, 7) is 4.33. The number of carbonyl (C=O) groups is 1. The number of carboxylic acid groups (broad SMARTS) is 1. The Kier molecular flexibility index (Phi) is 6.36. The average molecular weight is 476 g/mol. The summed E-state index contributed by atoms with van der Waals surface area (Å²) in [7, 11) is 0. The molecule has 1 atom stereocenters. The summed E-state index contributed by atoms with van der Waals surface area (Å²) in [4.78, 5) is 19.9. The number of benzene rings is 3. The molecular weight excluding hydrogens is 448 g/mol. The van der Waals surface area contributed by atoms with E-state index in [-0.39, 0.29) is 17.7 Å². The maximum atomic E-state index is 13.6. The number of carboxylic acids is 1. The molecule has 0 spiro atoms. The summed E-state index contributed by atoms with van der Waals surface area (Å²) in [5.41, 5.74) is 4.58. The predicted octanol–water partition coefficient (Wildman–Crippen LogP) is 5.29. The number of halogens is 2. The average Bonchev–Trinajstić information content (AvgIpc) is 3.25. The second-order valence-electron chi connectivity index (χ2n) is 9.11. The molecule has 1 aliphatic heterocycles. The fourth-order valence-corrected chi connectivity index (χ4v) is 5.13. The SMILES string of the molecule is Cc1ccc2[nH]cc(C(C(=O)O)N3CCN(C(c4ccc(F)cc4)c4ccc(F)cc4)CC3)c2c1. The number of hydrogen-bond acceptors (Lipinski definition) is 3. The molecule has 3 aromatic carbocycles. The van der Waals surface area contributed by atoms with Gasteiger partial charge < -0.3 is 10.1 Å². The van der Waals surface area contributed by atoms with Gasteiger partial charge in [0.05, 0.1) is 6.04 Å². The number of aliphatic carboxylic acids is 1. The third-order valence-electron chi connectivity index (χ3n) is 6.85. The van der Waals surface area contributed by atoms with Crippen LogP contribution in [0.25, 0.3) is 10.9 Å². The molecule has 5 nitrogen and oxygen atoms in total. The third-order valence-corrected chi connectivity index (χ3v) is 6.85. The standard InChI is InChI=1S/C28H27F2N3O2/c1-18-2-11-25-23(16-18)24(17-31-25)27(28(34)35)33-14-12-32(13-15-33)26(19-3-7-21(29)8-4-19)20-5-9-22(30)10-6-20/h2-11,16-17,26-27,31H,12-15H2,1H3,(H,34,35). The van der Waals surface area contributed by atoms with E-state index in [2.05, 4.69) is 9.88 Å². The lowest BCUT2D eigenvalue weighted by molar-refractivity contribution is -0.144. The monoisotopic (exact) mass is 475 g/mol. The summed E-state index contributed by atoms with van der Waals surface area (Å²) < 4.78 is 27.2. The van der Waals surface area contributed by atoms with Gasteiger partial charge in [0.25, 0.3) is 0 Å². The van der Waals surface area contributed by atoms with Gasteiger partial charge in [-0.3, -0.25) is 14.6 Å². The minimum Gasteiger partial charge on any atom is -0.480 e. The van der Waals surface area contributed by atoms with Crippen molar-refractivity contribution in [2.45, 2.75) is 19.0 Å². The summed E-state index contributed by atoms with van der Waals surface area (Å²) in [6, 6.07) is 17.8. The summed E-state index contributed by atoms with van der Waals surface area (Å²) in [6.07, 6.45) is 1.80. The summed E-state index contributed by atoms with van der Waals surface area (Å²) >= 11 is 0. The van der Waals surface area contributed by atoms with Crippen molar-refractivity contribution in [2.75, 3.05) is 26.2 Å². The van der Waals surface area contributed by atoms with E-state index in [0.29, 0.717) is 26.2 Å². The van der Waals surface area contributed by atoms with Gasteiger partial charge in [0.2, 0.25) is 0 Å². The molecular formula is C28H27F2N3O2. The van der Waals surface area contributed by atoms with E-state index in [1.165, 1.54) is 24.3 Å². The summed E-state index contributed by atoms with van der Waals surface area (Å²) in [5, 5.41) is 11.1. The third kappa shape index (κ3) is 4.70. The molecule has 35 heavy (non-hydrogen) atoms. The van der Waals surface area contributed by atoms with Crippen molar-refractivity contribution < 1.29 is 18.7 Å². The van der Waals surface area contributed by atoms with Gasteiger partial charge in [-0.05, 0) is 54.4 Å². The van der Waals surface area contributed by atoms with Crippen molar-refractivity contribution in [3.8, 4) is 0 Å². The molecule has 0 aliphatic carbocycles. The topological polar surface area (TPSA) is 59.6 Å². The van der Waals surface area contributed by atoms with Crippen LogP contribution in [0.15, 0.2) is 72.9 Å². The van der Waals surface area contributed by atoms with Gasteiger partial charge in [-0.1, -0.05) is 35.9 Å². The van der Waals surface area contributed by atoms with Crippen molar-refractivity contribution in [3.63, 3.8) is 0 Å². The van der Waals surface area contributed by atoms with Gasteiger partial charge in [0.1, 0.15) is 17.7 Å². The van der Waals surface area contributed by atoms with Crippen LogP contribution in [0.5, 0.6) is 0 Å². The van der Waals surface area contributed by atoms with Crippen LogP contribution in [0.1, 0.15) is 34.3 Å². The number of aromatic amines is 1. The number of fused-ring (bicyclic) bond motifs is 1. The van der Waals surface area contributed by atoms with Gasteiger partial charge in [-0.15, -0.1) is 0 Å². The number of nitrogens with one attached hydrogen (secondary N) is 1. The van der Waals surface area contributed by atoms with Crippen LogP contribution in [0.2, 0.25) is 0 Å². The molecule has 1 aliphatic rings. The molecule has 0 saturated carbocycles. The van der Waals surface area contributed by atoms with Crippen LogP contribution in [0.3, 0.4) is 0 Å². The second kappa shape index (κ2) is 9.60. The first-order valence-corrected chi connectivity index (χ1v) is 11.7. The Labute approximate surface area is 202 Å². The Hall–Kier alpha value is -3.55. The van der Waals surface area contributed by atoms with Crippen LogP contribution < -0.4 is 0 Å². The lowest BCUT2D eigenvalue weighted by Gasteiger charge is -2.41. The lowest BCUT2D eigenvalue weighted by atomic mass is 9.95. The molecule has 1 fully saturated rings. The zero-order chi connectivity index (χ0) is 24.5. The van der Waals surface area contributed by atoms with Crippen molar-refractivity contribution >= 4 is 16.9 Å². The number of hydrogen-bond donors (Lipinski definition) is 2. The van der Waals surface area contributed by atoms with Gasteiger partial charge in [0, 0.05) is 48.8 Å². The Morgan fingerprint density at radius 1 is 0.857 bits per heavy atom. The molecule has 2 N–H and O–H groups in total. The molecule has 1 aromatic heterocycles. The van der Waals surface area contributed by atoms with Gasteiger partial charge in [0.15, 0.2) is 0 Å². The fourth-order valence-electron chi connectivity index (χ4n) is 5.13. The number of piperazine rings is 1. The fraction of sp³-hybridized carbons (Fsp3) is 0.250. The first kappa shape index (κ1) is 23.2. The molecule has 5 rings (SSSR count). The molecule has 0 bridgehead atoms. The minimum absolute atomic E-state index is 0.183. The maximum Gasteiger partial charge on any atom is 0.325 e. The van der Waals surface area contributed by atoms with E-state index < -0.39 is 12.0 Å². The molecule has 7 heteroatoms. The van der Waals surface area contributed by atoms with E-state index in [4.69, 9.17) is 0 Å². The van der Waals surface area contributed by atoms with E-state index in [1.807, 2.05) is 30.0 Å². The van der Waals surface area contributed by atoms with E-state index in [1.54, 1.807) is 30.5 Å². The molecule has 1 saturated heterocycles. The largest absolute Gasteiger partial charge is 0.480 e. The lowest BCUT2D eigenvalue weighted by Crippen LogP contribution is -2.50. The molecule has 2 heterocycles. The molecule has 0 amide bonds. The first-order chi connectivity index (χ1) is 16.9. The highest BCUT2D eigenvalue weighted by atomic mass is 19.1. The van der Waals surface area contributed by atoms with Crippen molar-refractivity contribution in [3.05, 3.63) is 107 Å². The minimum atomic E-state index is -0.880. The zero-order valence-corrected chi connectivity index (χ0v) is 19.4.